The first-order valence-corrected chi connectivity index (χ1v) is 8.52. The number of fused-ring (bicyclic) bond motifs is 2. The first-order valence-electron chi connectivity index (χ1n) is 7.25. The topological polar surface area (TPSA) is 35.5 Å². The molecule has 3 atom stereocenters. The smallest absolute Gasteiger partial charge is 0.184 e. The van der Waals surface area contributed by atoms with Crippen molar-refractivity contribution in [3.63, 3.8) is 0 Å². The summed E-state index contributed by atoms with van der Waals surface area (Å²) in [6.07, 6.45) is 5.14. The van der Waals surface area contributed by atoms with Crippen LogP contribution in [-0.2, 0) is 20.3 Å². The average molecular weight is 290 g/mol. The standard InChI is InChI=1S/C16H18O3S/c17-20-14-4-5-15(20)10-13(9-14)11-2-1-3-12(8-11)16-18-6-7-19-16/h1-3,8-9,14-16H,4-7,10H2. The highest BCUT2D eigenvalue weighted by atomic mass is 32.2. The molecular formula is C16H18O3S. The molecule has 2 bridgehead atoms. The fraction of sp³-hybridized carbons (Fsp3) is 0.500. The summed E-state index contributed by atoms with van der Waals surface area (Å²) in [7, 11) is -0.646. The van der Waals surface area contributed by atoms with Gasteiger partial charge in [0.2, 0.25) is 0 Å². The average Bonchev–Trinajstić information content (AvgIpc) is 3.06. The third-order valence-electron chi connectivity index (χ3n) is 4.39. The maximum Gasteiger partial charge on any atom is 0.184 e. The Morgan fingerprint density at radius 2 is 2.00 bits per heavy atom. The number of benzene rings is 1. The van der Waals surface area contributed by atoms with Crippen molar-refractivity contribution >= 4 is 16.4 Å². The van der Waals surface area contributed by atoms with E-state index >= 15 is 0 Å². The van der Waals surface area contributed by atoms with Crippen LogP contribution in [0.15, 0.2) is 30.3 Å². The maximum absolute atomic E-state index is 12.1. The molecule has 4 rings (SSSR count). The molecule has 3 aliphatic rings. The molecule has 2 saturated heterocycles. The molecule has 0 radical (unpaired) electrons. The van der Waals surface area contributed by atoms with Crippen molar-refractivity contribution in [2.45, 2.75) is 36.1 Å². The minimum absolute atomic E-state index is 0.218. The third kappa shape index (κ3) is 2.16. The second-order valence-corrected chi connectivity index (χ2v) is 7.59. The van der Waals surface area contributed by atoms with Gasteiger partial charge < -0.3 is 9.47 Å². The molecule has 2 fully saturated rings. The summed E-state index contributed by atoms with van der Waals surface area (Å²) in [5.41, 5.74) is 3.66. The van der Waals surface area contributed by atoms with Gasteiger partial charge in [-0.25, -0.2) is 0 Å². The molecule has 106 valence electrons. The third-order valence-corrected chi connectivity index (χ3v) is 6.41. The Morgan fingerprint density at radius 1 is 1.15 bits per heavy atom. The van der Waals surface area contributed by atoms with Crippen LogP contribution in [0.1, 0.15) is 36.7 Å². The van der Waals surface area contributed by atoms with Gasteiger partial charge in [-0.3, -0.25) is 4.21 Å². The summed E-state index contributed by atoms with van der Waals surface area (Å²) in [4.78, 5) is 0. The Morgan fingerprint density at radius 3 is 2.80 bits per heavy atom. The maximum atomic E-state index is 12.1. The number of hydrogen-bond acceptors (Lipinski definition) is 3. The quantitative estimate of drug-likeness (QED) is 0.840. The lowest BCUT2D eigenvalue weighted by atomic mass is 9.98. The zero-order valence-corrected chi connectivity index (χ0v) is 12.1. The fourth-order valence-corrected chi connectivity index (χ4v) is 5.23. The molecule has 4 heteroatoms. The van der Waals surface area contributed by atoms with Crippen LogP contribution in [0.2, 0.25) is 0 Å². The van der Waals surface area contributed by atoms with E-state index < -0.39 is 10.8 Å². The van der Waals surface area contributed by atoms with Crippen molar-refractivity contribution < 1.29 is 13.7 Å². The van der Waals surface area contributed by atoms with Gasteiger partial charge >= 0.3 is 0 Å². The molecule has 0 aromatic heterocycles. The molecule has 3 unspecified atom stereocenters. The first-order chi connectivity index (χ1) is 9.81. The molecule has 0 N–H and O–H groups in total. The van der Waals surface area contributed by atoms with Gasteiger partial charge in [-0.05, 0) is 36.5 Å². The molecular weight excluding hydrogens is 272 g/mol. The largest absolute Gasteiger partial charge is 0.346 e. The van der Waals surface area contributed by atoms with Gasteiger partial charge in [0.1, 0.15) is 0 Å². The number of hydrogen-bond donors (Lipinski definition) is 0. The van der Waals surface area contributed by atoms with Crippen molar-refractivity contribution in [2.24, 2.45) is 0 Å². The van der Waals surface area contributed by atoms with Crippen LogP contribution in [0.3, 0.4) is 0 Å². The minimum Gasteiger partial charge on any atom is -0.346 e. The zero-order valence-electron chi connectivity index (χ0n) is 11.3. The van der Waals surface area contributed by atoms with Crippen LogP contribution in [0.25, 0.3) is 5.57 Å². The fourth-order valence-electron chi connectivity index (χ4n) is 3.35. The summed E-state index contributed by atoms with van der Waals surface area (Å²) in [6.45, 7) is 1.33. The first kappa shape index (κ1) is 12.7. The number of rotatable bonds is 2. The van der Waals surface area contributed by atoms with Crippen molar-refractivity contribution in [3.8, 4) is 0 Å². The van der Waals surface area contributed by atoms with E-state index in [9.17, 15) is 4.21 Å². The SMILES string of the molecule is O=S1C2C=C(c3cccc(C4OCCO4)c3)CC1CC2. The Labute approximate surface area is 121 Å². The molecule has 0 spiro atoms. The Hall–Kier alpha value is -0.970. The van der Waals surface area contributed by atoms with Gasteiger partial charge in [0.25, 0.3) is 0 Å². The van der Waals surface area contributed by atoms with Gasteiger partial charge in [0.15, 0.2) is 6.29 Å². The molecule has 3 aliphatic heterocycles. The highest BCUT2D eigenvalue weighted by Gasteiger charge is 2.36. The Bertz CT molecular complexity index is 575. The molecule has 0 amide bonds. The van der Waals surface area contributed by atoms with E-state index in [0.29, 0.717) is 18.5 Å². The lowest BCUT2D eigenvalue weighted by molar-refractivity contribution is -0.0441. The lowest BCUT2D eigenvalue weighted by Crippen LogP contribution is -2.19. The van der Waals surface area contributed by atoms with Crippen LogP contribution < -0.4 is 0 Å². The van der Waals surface area contributed by atoms with Crippen LogP contribution in [0, 0.1) is 0 Å². The normalized spacial score (nSPS) is 33.4. The van der Waals surface area contributed by atoms with Crippen molar-refractivity contribution in [3.05, 3.63) is 41.5 Å². The predicted octanol–water partition coefficient (Wildman–Crippen LogP) is 2.80. The van der Waals surface area contributed by atoms with Crippen molar-refractivity contribution in [1.82, 2.24) is 0 Å². The molecule has 0 aliphatic carbocycles. The van der Waals surface area contributed by atoms with Crippen molar-refractivity contribution in [2.75, 3.05) is 13.2 Å². The lowest BCUT2D eigenvalue weighted by Gasteiger charge is -2.20. The van der Waals surface area contributed by atoms with Crippen LogP contribution in [-0.4, -0.2) is 27.9 Å². The van der Waals surface area contributed by atoms with E-state index in [2.05, 4.69) is 30.3 Å². The molecule has 20 heavy (non-hydrogen) atoms. The van der Waals surface area contributed by atoms with Gasteiger partial charge in [-0.2, -0.15) is 0 Å². The summed E-state index contributed by atoms with van der Waals surface area (Å²) < 4.78 is 23.2. The molecule has 0 saturated carbocycles. The highest BCUT2D eigenvalue weighted by Crippen LogP contribution is 2.39. The minimum atomic E-state index is -0.646. The van der Waals surface area contributed by atoms with Gasteiger partial charge in [0.05, 0.1) is 18.5 Å². The molecule has 1 aromatic carbocycles. The summed E-state index contributed by atoms with van der Waals surface area (Å²) >= 11 is 0. The summed E-state index contributed by atoms with van der Waals surface area (Å²) in [5, 5.41) is 0.633. The van der Waals surface area contributed by atoms with E-state index in [1.807, 2.05) is 0 Å². The second-order valence-electron chi connectivity index (χ2n) is 5.66. The Balaban J connectivity index is 1.64. The number of ether oxygens (including phenoxy) is 2. The van der Waals surface area contributed by atoms with Crippen LogP contribution in [0.4, 0.5) is 0 Å². The zero-order chi connectivity index (χ0) is 13.5. The van der Waals surface area contributed by atoms with Crippen LogP contribution in [0.5, 0.6) is 0 Å². The summed E-state index contributed by atoms with van der Waals surface area (Å²) in [5.74, 6) is 0. The van der Waals surface area contributed by atoms with E-state index in [1.54, 1.807) is 0 Å². The van der Waals surface area contributed by atoms with E-state index in [-0.39, 0.29) is 11.5 Å². The van der Waals surface area contributed by atoms with E-state index in [4.69, 9.17) is 9.47 Å². The number of allylic oxidation sites excluding steroid dienone is 1. The summed E-state index contributed by atoms with van der Waals surface area (Å²) in [6, 6.07) is 8.41. The van der Waals surface area contributed by atoms with E-state index in [1.165, 1.54) is 11.1 Å². The highest BCUT2D eigenvalue weighted by molar-refractivity contribution is 7.86. The van der Waals surface area contributed by atoms with Crippen molar-refractivity contribution in [1.29, 1.82) is 0 Å². The molecule has 3 nitrogen and oxygen atoms in total. The molecule has 1 aromatic rings. The molecule has 3 heterocycles. The van der Waals surface area contributed by atoms with Crippen LogP contribution >= 0.6 is 0 Å². The van der Waals surface area contributed by atoms with Gasteiger partial charge in [-0.1, -0.05) is 24.3 Å². The van der Waals surface area contributed by atoms with Gasteiger partial charge in [0, 0.05) is 21.6 Å². The monoisotopic (exact) mass is 290 g/mol. The van der Waals surface area contributed by atoms with E-state index in [0.717, 1.165) is 24.8 Å². The second kappa shape index (κ2) is 5.10. The van der Waals surface area contributed by atoms with Gasteiger partial charge in [-0.15, -0.1) is 0 Å². The predicted molar refractivity (Wildman–Crippen MR) is 78.6 cm³/mol. The Kier molecular flexibility index (Phi) is 3.25.